The summed E-state index contributed by atoms with van der Waals surface area (Å²) < 4.78 is 34.2. The second kappa shape index (κ2) is 7.04. The Morgan fingerprint density at radius 1 is 1.48 bits per heavy atom. The van der Waals surface area contributed by atoms with E-state index in [2.05, 4.69) is 4.74 Å². The number of carbonyl (C=O) groups is 1. The minimum Gasteiger partial charge on any atom is -0.496 e. The van der Waals surface area contributed by atoms with Crippen molar-refractivity contribution in [2.75, 3.05) is 20.2 Å². The van der Waals surface area contributed by atoms with E-state index in [1.807, 2.05) is 0 Å². The maximum absolute atomic E-state index is 12.5. The third-order valence-electron chi connectivity index (χ3n) is 3.35. The van der Waals surface area contributed by atoms with Gasteiger partial charge in [-0.25, -0.2) is 0 Å². The second-order valence-corrected chi connectivity index (χ2v) is 5.19. The lowest BCUT2D eigenvalue weighted by molar-refractivity contribution is -0.172. The van der Waals surface area contributed by atoms with E-state index in [0.717, 1.165) is 0 Å². The molecule has 1 unspecified atom stereocenters. The first-order valence-electron chi connectivity index (χ1n) is 6.57. The number of hydrogen-bond donors (Lipinski definition) is 0. The summed E-state index contributed by atoms with van der Waals surface area (Å²) in [5.74, 6) is 0.0930. The Balaban J connectivity index is 2.12. The van der Waals surface area contributed by atoms with Crippen LogP contribution in [0.1, 0.15) is 23.2 Å². The molecular weight excluding hydrogens is 304 g/mol. The Morgan fingerprint density at radius 3 is 2.90 bits per heavy atom. The van der Waals surface area contributed by atoms with Crippen LogP contribution in [0.25, 0.3) is 0 Å². The highest BCUT2D eigenvalue weighted by Gasteiger charge is 2.28. The number of rotatable bonds is 4. The van der Waals surface area contributed by atoms with Crippen molar-refractivity contribution >= 4 is 17.5 Å². The van der Waals surface area contributed by atoms with Gasteiger partial charge in [0, 0.05) is 18.1 Å². The van der Waals surface area contributed by atoms with E-state index in [-0.39, 0.29) is 12.5 Å². The molecule has 1 fully saturated rings. The van der Waals surface area contributed by atoms with Crippen molar-refractivity contribution in [1.29, 1.82) is 0 Å². The predicted molar refractivity (Wildman–Crippen MR) is 74.0 cm³/mol. The minimum absolute atomic E-state index is 0.148. The van der Waals surface area contributed by atoms with Gasteiger partial charge in [-0.05, 0) is 31.0 Å². The van der Waals surface area contributed by atoms with Crippen molar-refractivity contribution in [3.8, 4) is 5.75 Å². The number of piperidine rings is 1. The summed E-state index contributed by atoms with van der Waals surface area (Å²) in [5.41, 5.74) is 0.361. The zero-order valence-electron chi connectivity index (χ0n) is 11.5. The number of halogens is 3. The Bertz CT molecular complexity index is 513. The molecule has 116 valence electrons. The lowest BCUT2D eigenvalue weighted by Gasteiger charge is -2.32. The monoisotopic (exact) mass is 319 g/mol. The highest BCUT2D eigenvalue weighted by molar-refractivity contribution is 6.30. The molecule has 2 rings (SSSR count). The molecule has 21 heavy (non-hydrogen) atoms. The molecule has 1 saturated heterocycles. The topological polar surface area (TPSA) is 38.8 Å². The molecule has 0 N–H and O–H groups in total. The SMILES string of the molecule is COc1cc(Cl)ccc1C(=O)N1CCCC(OC(F)F)C1. The van der Waals surface area contributed by atoms with Gasteiger partial charge in [-0.1, -0.05) is 11.6 Å². The van der Waals surface area contributed by atoms with Crippen LogP contribution in [0.3, 0.4) is 0 Å². The van der Waals surface area contributed by atoms with Gasteiger partial charge < -0.3 is 14.4 Å². The van der Waals surface area contributed by atoms with Crippen LogP contribution in [0, 0.1) is 0 Å². The molecule has 0 saturated carbocycles. The van der Waals surface area contributed by atoms with E-state index in [1.165, 1.54) is 12.0 Å². The predicted octanol–water partition coefficient (Wildman–Crippen LogP) is 3.19. The number of amides is 1. The normalized spacial score (nSPS) is 18.9. The standard InChI is InChI=1S/C14H16ClF2NO3/c1-20-12-7-9(15)4-5-11(12)13(19)18-6-2-3-10(8-18)21-14(16)17/h4-5,7,10,14H,2-3,6,8H2,1H3. The van der Waals surface area contributed by atoms with Crippen molar-refractivity contribution in [3.63, 3.8) is 0 Å². The molecule has 7 heteroatoms. The maximum atomic E-state index is 12.5. The van der Waals surface area contributed by atoms with Gasteiger partial charge in [0.15, 0.2) is 0 Å². The molecule has 0 radical (unpaired) electrons. The fourth-order valence-corrected chi connectivity index (χ4v) is 2.55. The first-order chi connectivity index (χ1) is 10.0. The van der Waals surface area contributed by atoms with Crippen LogP contribution in [0.2, 0.25) is 5.02 Å². The van der Waals surface area contributed by atoms with Crippen molar-refractivity contribution in [2.24, 2.45) is 0 Å². The van der Waals surface area contributed by atoms with Crippen LogP contribution < -0.4 is 4.74 Å². The summed E-state index contributed by atoms with van der Waals surface area (Å²) in [7, 11) is 1.45. The van der Waals surface area contributed by atoms with Gasteiger partial charge in [0.25, 0.3) is 5.91 Å². The molecule has 1 aliphatic heterocycles. The highest BCUT2D eigenvalue weighted by Crippen LogP contribution is 2.26. The highest BCUT2D eigenvalue weighted by atomic mass is 35.5. The number of benzene rings is 1. The molecule has 0 aliphatic carbocycles. The molecule has 0 spiro atoms. The number of alkyl halides is 2. The van der Waals surface area contributed by atoms with Crippen LogP contribution in [0.4, 0.5) is 8.78 Å². The van der Waals surface area contributed by atoms with Crippen LogP contribution in [0.5, 0.6) is 5.75 Å². The second-order valence-electron chi connectivity index (χ2n) is 4.76. The van der Waals surface area contributed by atoms with E-state index < -0.39 is 12.7 Å². The lowest BCUT2D eigenvalue weighted by Crippen LogP contribution is -2.43. The van der Waals surface area contributed by atoms with Crippen molar-refractivity contribution in [3.05, 3.63) is 28.8 Å². The van der Waals surface area contributed by atoms with Gasteiger partial charge in [0.05, 0.1) is 18.8 Å². The zero-order valence-corrected chi connectivity index (χ0v) is 12.3. The van der Waals surface area contributed by atoms with Gasteiger partial charge in [-0.15, -0.1) is 0 Å². The number of ether oxygens (including phenoxy) is 2. The summed E-state index contributed by atoms with van der Waals surface area (Å²) >= 11 is 5.86. The first kappa shape index (κ1) is 16.0. The summed E-state index contributed by atoms with van der Waals surface area (Å²) in [6.07, 6.45) is 0.506. The number of carbonyl (C=O) groups excluding carboxylic acids is 1. The number of nitrogens with zero attached hydrogens (tertiary/aromatic N) is 1. The van der Waals surface area contributed by atoms with E-state index in [0.29, 0.717) is 35.7 Å². The molecule has 0 aromatic heterocycles. The Labute approximate surface area is 126 Å². The third kappa shape index (κ3) is 4.04. The number of likely N-dealkylation sites (tertiary alicyclic amines) is 1. The van der Waals surface area contributed by atoms with Gasteiger partial charge in [0.1, 0.15) is 5.75 Å². The molecule has 1 aliphatic rings. The van der Waals surface area contributed by atoms with E-state index in [1.54, 1.807) is 18.2 Å². The Kier molecular flexibility index (Phi) is 5.36. The van der Waals surface area contributed by atoms with E-state index in [4.69, 9.17) is 16.3 Å². The fourth-order valence-electron chi connectivity index (χ4n) is 2.39. The maximum Gasteiger partial charge on any atom is 0.345 e. The summed E-state index contributed by atoms with van der Waals surface area (Å²) in [5, 5.41) is 0.459. The molecule has 1 aromatic rings. The lowest BCUT2D eigenvalue weighted by atomic mass is 10.1. The van der Waals surface area contributed by atoms with E-state index in [9.17, 15) is 13.6 Å². The average molecular weight is 320 g/mol. The molecule has 1 aromatic carbocycles. The minimum atomic E-state index is -2.82. The largest absolute Gasteiger partial charge is 0.496 e. The third-order valence-corrected chi connectivity index (χ3v) is 3.59. The Hall–Kier alpha value is -1.40. The number of methoxy groups -OCH3 is 1. The van der Waals surface area contributed by atoms with Crippen molar-refractivity contribution in [2.45, 2.75) is 25.6 Å². The van der Waals surface area contributed by atoms with Gasteiger partial charge in [0.2, 0.25) is 0 Å². The quantitative estimate of drug-likeness (QED) is 0.855. The van der Waals surface area contributed by atoms with Crippen molar-refractivity contribution in [1.82, 2.24) is 4.90 Å². The first-order valence-corrected chi connectivity index (χ1v) is 6.95. The van der Waals surface area contributed by atoms with E-state index >= 15 is 0 Å². The van der Waals surface area contributed by atoms with Crippen LogP contribution in [-0.2, 0) is 4.74 Å². The average Bonchev–Trinajstić information content (AvgIpc) is 2.46. The smallest absolute Gasteiger partial charge is 0.345 e. The molecule has 1 atom stereocenters. The summed E-state index contributed by atoms with van der Waals surface area (Å²) in [6, 6.07) is 4.71. The van der Waals surface area contributed by atoms with Crippen LogP contribution in [-0.4, -0.2) is 43.7 Å². The zero-order chi connectivity index (χ0) is 15.4. The molecule has 4 nitrogen and oxygen atoms in total. The van der Waals surface area contributed by atoms with Gasteiger partial charge in [-0.3, -0.25) is 4.79 Å². The molecule has 1 amide bonds. The Morgan fingerprint density at radius 2 is 2.24 bits per heavy atom. The van der Waals surface area contributed by atoms with Gasteiger partial charge in [-0.2, -0.15) is 8.78 Å². The molecule has 0 bridgehead atoms. The fraction of sp³-hybridized carbons (Fsp3) is 0.500. The van der Waals surface area contributed by atoms with Gasteiger partial charge >= 0.3 is 6.61 Å². The van der Waals surface area contributed by atoms with Crippen molar-refractivity contribution < 1.29 is 23.0 Å². The summed E-state index contributed by atoms with van der Waals surface area (Å²) in [6.45, 7) is -2.17. The van der Waals surface area contributed by atoms with Crippen LogP contribution in [0.15, 0.2) is 18.2 Å². The number of hydrogen-bond acceptors (Lipinski definition) is 3. The molecular formula is C14H16ClF2NO3. The summed E-state index contributed by atoms with van der Waals surface area (Å²) in [4.78, 5) is 14.0. The van der Waals surface area contributed by atoms with Crippen LogP contribution >= 0.6 is 11.6 Å². The molecule has 1 heterocycles.